The molecule has 18 heavy (non-hydrogen) atoms. The zero-order valence-electron chi connectivity index (χ0n) is 10.6. The Morgan fingerprint density at radius 1 is 1.39 bits per heavy atom. The van der Waals surface area contributed by atoms with Gasteiger partial charge in [-0.25, -0.2) is 0 Å². The van der Waals surface area contributed by atoms with Crippen molar-refractivity contribution in [2.24, 2.45) is 5.92 Å². The lowest BCUT2D eigenvalue weighted by Crippen LogP contribution is -2.41. The number of halogens is 1. The van der Waals surface area contributed by atoms with E-state index < -0.39 is 0 Å². The largest absolute Gasteiger partial charge is 0.399 e. The number of carbonyl (C=O) groups is 1. The number of nitrogen functional groups attached to an aromatic ring is 1. The molecule has 0 bridgehead atoms. The summed E-state index contributed by atoms with van der Waals surface area (Å²) in [5.74, 6) is 0.524. The molecular formula is C14H19BrN2O. The van der Waals surface area contributed by atoms with Crippen molar-refractivity contribution in [1.82, 2.24) is 5.32 Å². The molecule has 1 aromatic rings. The van der Waals surface area contributed by atoms with E-state index in [2.05, 4.69) is 28.2 Å². The molecule has 98 valence electrons. The van der Waals surface area contributed by atoms with Gasteiger partial charge < -0.3 is 11.1 Å². The zero-order chi connectivity index (χ0) is 13.1. The maximum Gasteiger partial charge on any atom is 0.252 e. The van der Waals surface area contributed by atoms with Crippen LogP contribution in [0.2, 0.25) is 0 Å². The minimum atomic E-state index is -0.0343. The van der Waals surface area contributed by atoms with Crippen molar-refractivity contribution in [3.8, 4) is 0 Å². The molecule has 0 heterocycles. The first-order chi connectivity index (χ1) is 8.58. The molecule has 0 aliphatic heterocycles. The molecule has 0 saturated heterocycles. The molecule has 1 aliphatic rings. The third-order valence-electron chi connectivity index (χ3n) is 3.66. The van der Waals surface area contributed by atoms with E-state index >= 15 is 0 Å². The Labute approximate surface area is 116 Å². The van der Waals surface area contributed by atoms with Gasteiger partial charge in [0.2, 0.25) is 0 Å². The number of hydrogen-bond donors (Lipinski definition) is 2. The Morgan fingerprint density at radius 2 is 2.11 bits per heavy atom. The summed E-state index contributed by atoms with van der Waals surface area (Å²) < 4.78 is 0.790. The summed E-state index contributed by atoms with van der Waals surface area (Å²) in [5, 5.41) is 3.13. The maximum absolute atomic E-state index is 12.2. The van der Waals surface area contributed by atoms with Gasteiger partial charge in [0.1, 0.15) is 0 Å². The van der Waals surface area contributed by atoms with Crippen molar-refractivity contribution >= 4 is 27.5 Å². The van der Waals surface area contributed by atoms with E-state index in [1.807, 2.05) is 6.07 Å². The van der Waals surface area contributed by atoms with Crippen molar-refractivity contribution in [3.05, 3.63) is 28.2 Å². The minimum Gasteiger partial charge on any atom is -0.399 e. The topological polar surface area (TPSA) is 55.1 Å². The fourth-order valence-corrected chi connectivity index (χ4v) is 2.92. The Morgan fingerprint density at radius 3 is 2.83 bits per heavy atom. The smallest absolute Gasteiger partial charge is 0.252 e. The quantitative estimate of drug-likeness (QED) is 0.823. The number of carbonyl (C=O) groups excluding carboxylic acids is 1. The lowest BCUT2D eigenvalue weighted by molar-refractivity contribution is 0.0909. The lowest BCUT2D eigenvalue weighted by Gasteiger charge is -2.29. The number of rotatable bonds is 2. The van der Waals surface area contributed by atoms with E-state index in [9.17, 15) is 4.79 Å². The zero-order valence-corrected chi connectivity index (χ0v) is 12.2. The average molecular weight is 311 g/mol. The van der Waals surface area contributed by atoms with Gasteiger partial charge in [0.25, 0.3) is 5.91 Å². The predicted molar refractivity (Wildman–Crippen MR) is 77.4 cm³/mol. The molecule has 3 nitrogen and oxygen atoms in total. The predicted octanol–water partition coefficient (Wildman–Crippen LogP) is 3.34. The van der Waals surface area contributed by atoms with Gasteiger partial charge in [-0.2, -0.15) is 0 Å². The molecule has 0 aromatic heterocycles. The number of nitrogens with two attached hydrogens (primary N) is 1. The second-order valence-electron chi connectivity index (χ2n) is 5.08. The first-order valence-electron chi connectivity index (χ1n) is 6.44. The third-order valence-corrected chi connectivity index (χ3v) is 4.35. The van der Waals surface area contributed by atoms with Crippen LogP contribution in [0.3, 0.4) is 0 Å². The van der Waals surface area contributed by atoms with Crippen LogP contribution < -0.4 is 11.1 Å². The van der Waals surface area contributed by atoms with Crippen LogP contribution in [0.5, 0.6) is 0 Å². The maximum atomic E-state index is 12.2. The minimum absolute atomic E-state index is 0.0343. The standard InChI is InChI=1S/C14H19BrN2O/c1-9-4-2-3-5-13(9)17-14(18)11-8-10(16)6-7-12(11)15/h6-9,13H,2-5,16H2,1H3,(H,17,18). The van der Waals surface area contributed by atoms with Gasteiger partial charge >= 0.3 is 0 Å². The highest BCUT2D eigenvalue weighted by Gasteiger charge is 2.23. The molecule has 4 heteroatoms. The van der Waals surface area contributed by atoms with Crippen LogP contribution in [0.4, 0.5) is 5.69 Å². The Kier molecular flexibility index (Phi) is 4.27. The second kappa shape index (κ2) is 5.74. The first kappa shape index (κ1) is 13.4. The van der Waals surface area contributed by atoms with E-state index in [0.29, 0.717) is 23.2 Å². The van der Waals surface area contributed by atoms with E-state index in [0.717, 1.165) is 10.9 Å². The lowest BCUT2D eigenvalue weighted by atomic mass is 9.86. The van der Waals surface area contributed by atoms with Gasteiger partial charge in [0.05, 0.1) is 5.56 Å². The van der Waals surface area contributed by atoms with Crippen LogP contribution in [0.25, 0.3) is 0 Å². The summed E-state index contributed by atoms with van der Waals surface area (Å²) in [6, 6.07) is 5.60. The van der Waals surface area contributed by atoms with Crippen molar-refractivity contribution in [3.63, 3.8) is 0 Å². The summed E-state index contributed by atoms with van der Waals surface area (Å²) in [6.45, 7) is 2.21. The monoisotopic (exact) mass is 310 g/mol. The van der Waals surface area contributed by atoms with Crippen molar-refractivity contribution in [2.75, 3.05) is 5.73 Å². The van der Waals surface area contributed by atoms with E-state index in [1.54, 1.807) is 12.1 Å². The molecule has 1 amide bonds. The second-order valence-corrected chi connectivity index (χ2v) is 5.94. The van der Waals surface area contributed by atoms with Crippen molar-refractivity contribution in [2.45, 2.75) is 38.6 Å². The van der Waals surface area contributed by atoms with Gasteiger partial charge in [-0.15, -0.1) is 0 Å². The molecule has 1 fully saturated rings. The Balaban J connectivity index is 2.09. The van der Waals surface area contributed by atoms with Gasteiger partial charge in [-0.3, -0.25) is 4.79 Å². The molecule has 2 rings (SSSR count). The molecule has 1 aromatic carbocycles. The van der Waals surface area contributed by atoms with Crippen molar-refractivity contribution < 1.29 is 4.79 Å². The first-order valence-corrected chi connectivity index (χ1v) is 7.23. The van der Waals surface area contributed by atoms with Crippen LogP contribution in [-0.2, 0) is 0 Å². The summed E-state index contributed by atoms with van der Waals surface area (Å²) in [5.41, 5.74) is 6.95. The number of amides is 1. The number of hydrogen-bond acceptors (Lipinski definition) is 2. The van der Waals surface area contributed by atoms with E-state index in [4.69, 9.17) is 5.73 Å². The normalized spacial score (nSPS) is 23.7. The summed E-state index contributed by atoms with van der Waals surface area (Å²) >= 11 is 3.39. The van der Waals surface area contributed by atoms with Gasteiger partial charge in [0.15, 0.2) is 0 Å². The van der Waals surface area contributed by atoms with Crippen molar-refractivity contribution in [1.29, 1.82) is 0 Å². The SMILES string of the molecule is CC1CCCCC1NC(=O)c1cc(N)ccc1Br. The van der Waals surface area contributed by atoms with Crippen LogP contribution in [0.15, 0.2) is 22.7 Å². The highest BCUT2D eigenvalue weighted by molar-refractivity contribution is 9.10. The van der Waals surface area contributed by atoms with Crippen LogP contribution >= 0.6 is 15.9 Å². The molecular weight excluding hydrogens is 292 g/mol. The molecule has 1 saturated carbocycles. The Hall–Kier alpha value is -1.03. The molecule has 3 N–H and O–H groups in total. The number of benzene rings is 1. The highest BCUT2D eigenvalue weighted by atomic mass is 79.9. The van der Waals surface area contributed by atoms with Gasteiger partial charge in [0, 0.05) is 16.2 Å². The fraction of sp³-hybridized carbons (Fsp3) is 0.500. The number of anilines is 1. The summed E-state index contributed by atoms with van der Waals surface area (Å²) in [4.78, 5) is 12.2. The van der Waals surface area contributed by atoms with Crippen LogP contribution in [-0.4, -0.2) is 11.9 Å². The molecule has 1 aliphatic carbocycles. The Bertz CT molecular complexity index is 447. The molecule has 0 radical (unpaired) electrons. The summed E-state index contributed by atoms with van der Waals surface area (Å²) in [6.07, 6.45) is 4.75. The highest BCUT2D eigenvalue weighted by Crippen LogP contribution is 2.25. The summed E-state index contributed by atoms with van der Waals surface area (Å²) in [7, 11) is 0. The average Bonchev–Trinajstić information content (AvgIpc) is 2.35. The van der Waals surface area contributed by atoms with Gasteiger partial charge in [-0.05, 0) is 52.9 Å². The molecule has 0 spiro atoms. The molecule has 2 atom stereocenters. The van der Waals surface area contributed by atoms with Gasteiger partial charge in [-0.1, -0.05) is 19.8 Å². The third kappa shape index (κ3) is 3.05. The van der Waals surface area contributed by atoms with E-state index in [-0.39, 0.29) is 5.91 Å². The number of nitrogens with one attached hydrogen (secondary N) is 1. The van der Waals surface area contributed by atoms with Crippen LogP contribution in [0.1, 0.15) is 43.0 Å². The fourth-order valence-electron chi connectivity index (χ4n) is 2.49. The molecule has 2 unspecified atom stereocenters. The van der Waals surface area contributed by atoms with E-state index in [1.165, 1.54) is 19.3 Å². The van der Waals surface area contributed by atoms with Crippen LogP contribution in [0, 0.1) is 5.92 Å².